The topological polar surface area (TPSA) is 50.2 Å². The first-order chi connectivity index (χ1) is 10.7. The molecule has 122 valence electrons. The van der Waals surface area contributed by atoms with Crippen LogP contribution < -0.4 is 5.32 Å². The summed E-state index contributed by atoms with van der Waals surface area (Å²) in [5, 5.41) is 3.19. The van der Waals surface area contributed by atoms with E-state index in [9.17, 15) is 4.79 Å². The first-order valence-corrected chi connectivity index (χ1v) is 8.70. The zero-order valence-electron chi connectivity index (χ0n) is 13.6. The number of likely N-dealkylation sites (tertiary alicyclic amines) is 1. The molecule has 0 atom stereocenters. The van der Waals surface area contributed by atoms with Gasteiger partial charge in [-0.25, -0.2) is 4.98 Å². The van der Waals surface area contributed by atoms with Crippen LogP contribution in [0.1, 0.15) is 44.3 Å². The average molecular weight is 304 g/mol. The summed E-state index contributed by atoms with van der Waals surface area (Å²) in [6, 6.07) is 0.439. The maximum Gasteiger partial charge on any atom is 0.234 e. The van der Waals surface area contributed by atoms with Gasteiger partial charge >= 0.3 is 0 Å². The fraction of sp³-hybridized carbons (Fsp3) is 0.765. The summed E-state index contributed by atoms with van der Waals surface area (Å²) in [7, 11) is 0. The molecule has 0 aromatic carbocycles. The third-order valence-corrected chi connectivity index (χ3v) is 5.17. The van der Waals surface area contributed by atoms with E-state index in [1.807, 2.05) is 6.20 Å². The summed E-state index contributed by atoms with van der Waals surface area (Å²) in [4.78, 5) is 18.7. The third kappa shape index (κ3) is 4.09. The maximum absolute atomic E-state index is 12.1. The van der Waals surface area contributed by atoms with Crippen molar-refractivity contribution in [3.05, 3.63) is 18.2 Å². The maximum atomic E-state index is 12.1. The van der Waals surface area contributed by atoms with Crippen molar-refractivity contribution in [2.45, 2.75) is 58.0 Å². The summed E-state index contributed by atoms with van der Waals surface area (Å²) in [5.74, 6) is 2.02. The molecule has 2 heterocycles. The Morgan fingerprint density at radius 3 is 2.64 bits per heavy atom. The molecule has 5 heteroatoms. The lowest BCUT2D eigenvalue weighted by molar-refractivity contribution is -0.123. The number of nitrogens with one attached hydrogen (secondary N) is 1. The zero-order valence-corrected chi connectivity index (χ0v) is 13.6. The van der Waals surface area contributed by atoms with Crippen molar-refractivity contribution in [3.8, 4) is 0 Å². The third-order valence-electron chi connectivity index (χ3n) is 5.17. The molecule has 2 aliphatic rings. The lowest BCUT2D eigenvalue weighted by atomic mass is 9.96. The molecule has 1 aromatic heterocycles. The Bertz CT molecular complexity index is 485. The number of rotatable bonds is 5. The van der Waals surface area contributed by atoms with Crippen LogP contribution in [-0.2, 0) is 11.3 Å². The van der Waals surface area contributed by atoms with Gasteiger partial charge in [0.2, 0.25) is 5.91 Å². The standard InChI is InChI=1S/C17H28N4O/c1-14-18-8-11-21(14)12-15-6-9-20(10-7-15)13-17(22)19-16-4-2-3-5-16/h8,11,15-16H,2-7,9-10,12-13H2,1H3,(H,19,22). The molecule has 1 aliphatic carbocycles. The van der Waals surface area contributed by atoms with Crippen LogP contribution >= 0.6 is 0 Å². The predicted molar refractivity (Wildman–Crippen MR) is 86.5 cm³/mol. The van der Waals surface area contributed by atoms with Crippen molar-refractivity contribution < 1.29 is 4.79 Å². The highest BCUT2D eigenvalue weighted by Crippen LogP contribution is 2.20. The van der Waals surface area contributed by atoms with Gasteiger partial charge in [0.1, 0.15) is 5.82 Å². The van der Waals surface area contributed by atoms with E-state index in [2.05, 4.69) is 32.9 Å². The molecule has 1 saturated heterocycles. The van der Waals surface area contributed by atoms with Crippen LogP contribution in [0.5, 0.6) is 0 Å². The minimum Gasteiger partial charge on any atom is -0.352 e. The predicted octanol–water partition coefficient (Wildman–Crippen LogP) is 1.96. The van der Waals surface area contributed by atoms with Gasteiger partial charge in [-0.1, -0.05) is 12.8 Å². The number of nitrogens with zero attached hydrogens (tertiary/aromatic N) is 3. The van der Waals surface area contributed by atoms with Crippen LogP contribution in [0.25, 0.3) is 0 Å². The number of carbonyl (C=O) groups is 1. The number of aryl methyl sites for hydroxylation is 1. The van der Waals surface area contributed by atoms with Crippen LogP contribution in [0, 0.1) is 12.8 Å². The molecular weight excluding hydrogens is 276 g/mol. The molecular formula is C17H28N4O. The van der Waals surface area contributed by atoms with Crippen LogP contribution in [0.4, 0.5) is 0 Å². The second kappa shape index (κ2) is 7.27. The number of aromatic nitrogens is 2. The van der Waals surface area contributed by atoms with E-state index in [0.717, 1.165) is 38.3 Å². The minimum atomic E-state index is 0.218. The number of carbonyl (C=O) groups excluding carboxylic acids is 1. The van der Waals surface area contributed by atoms with E-state index in [4.69, 9.17) is 0 Å². The van der Waals surface area contributed by atoms with Crippen molar-refractivity contribution in [2.24, 2.45) is 5.92 Å². The van der Waals surface area contributed by atoms with Gasteiger partial charge in [0.05, 0.1) is 6.54 Å². The van der Waals surface area contributed by atoms with E-state index in [1.54, 1.807) is 0 Å². The molecule has 0 unspecified atom stereocenters. The number of piperidine rings is 1. The van der Waals surface area contributed by atoms with E-state index in [-0.39, 0.29) is 5.91 Å². The van der Waals surface area contributed by atoms with Gasteiger partial charge in [-0.05, 0) is 51.6 Å². The lowest BCUT2D eigenvalue weighted by Crippen LogP contribution is -2.44. The quantitative estimate of drug-likeness (QED) is 0.905. The Balaban J connectivity index is 1.38. The molecule has 1 amide bonds. The smallest absolute Gasteiger partial charge is 0.234 e. The highest BCUT2D eigenvalue weighted by atomic mass is 16.2. The molecule has 3 rings (SSSR count). The Hall–Kier alpha value is -1.36. The van der Waals surface area contributed by atoms with Gasteiger partial charge in [0, 0.05) is 25.0 Å². The number of hydrogen-bond donors (Lipinski definition) is 1. The SMILES string of the molecule is Cc1nccn1CC1CCN(CC(=O)NC2CCCC2)CC1. The van der Waals surface area contributed by atoms with Crippen molar-refractivity contribution in [3.63, 3.8) is 0 Å². The normalized spacial score (nSPS) is 21.3. The van der Waals surface area contributed by atoms with Crippen LogP contribution in [0.2, 0.25) is 0 Å². The zero-order chi connectivity index (χ0) is 15.4. The molecule has 2 fully saturated rings. The fourth-order valence-corrected chi connectivity index (χ4v) is 3.75. The Morgan fingerprint density at radius 1 is 1.27 bits per heavy atom. The summed E-state index contributed by atoms with van der Waals surface area (Å²) < 4.78 is 2.24. The van der Waals surface area contributed by atoms with Crippen LogP contribution in [0.15, 0.2) is 12.4 Å². The summed E-state index contributed by atoms with van der Waals surface area (Å²) in [5.41, 5.74) is 0. The van der Waals surface area contributed by atoms with E-state index in [0.29, 0.717) is 18.5 Å². The van der Waals surface area contributed by atoms with Gasteiger partial charge in [0.15, 0.2) is 0 Å². The molecule has 1 aliphatic heterocycles. The van der Waals surface area contributed by atoms with Gasteiger partial charge < -0.3 is 9.88 Å². The minimum absolute atomic E-state index is 0.218. The largest absolute Gasteiger partial charge is 0.352 e. The van der Waals surface area contributed by atoms with Gasteiger partial charge in [0.25, 0.3) is 0 Å². The number of hydrogen-bond acceptors (Lipinski definition) is 3. The molecule has 0 bridgehead atoms. The van der Waals surface area contributed by atoms with Gasteiger partial charge in [-0.2, -0.15) is 0 Å². The molecule has 1 aromatic rings. The van der Waals surface area contributed by atoms with Crippen molar-refractivity contribution >= 4 is 5.91 Å². The molecule has 0 spiro atoms. The summed E-state index contributed by atoms with van der Waals surface area (Å²) >= 11 is 0. The molecule has 5 nitrogen and oxygen atoms in total. The number of imidazole rings is 1. The summed E-state index contributed by atoms with van der Waals surface area (Å²) in [6.45, 7) is 5.77. The molecule has 1 saturated carbocycles. The monoisotopic (exact) mass is 304 g/mol. The Morgan fingerprint density at radius 2 is 2.00 bits per heavy atom. The van der Waals surface area contributed by atoms with Crippen LogP contribution in [-0.4, -0.2) is 46.0 Å². The van der Waals surface area contributed by atoms with E-state index < -0.39 is 0 Å². The lowest BCUT2D eigenvalue weighted by Gasteiger charge is -2.32. The first kappa shape index (κ1) is 15.5. The number of amides is 1. The van der Waals surface area contributed by atoms with Gasteiger partial charge in [-0.3, -0.25) is 9.69 Å². The average Bonchev–Trinajstić information content (AvgIpc) is 3.14. The highest BCUT2D eigenvalue weighted by molar-refractivity contribution is 5.78. The van der Waals surface area contributed by atoms with Crippen molar-refractivity contribution in [2.75, 3.05) is 19.6 Å². The fourth-order valence-electron chi connectivity index (χ4n) is 3.75. The highest BCUT2D eigenvalue weighted by Gasteiger charge is 2.23. The molecule has 22 heavy (non-hydrogen) atoms. The van der Waals surface area contributed by atoms with Crippen molar-refractivity contribution in [1.29, 1.82) is 0 Å². The first-order valence-electron chi connectivity index (χ1n) is 8.70. The van der Waals surface area contributed by atoms with Gasteiger partial charge in [-0.15, -0.1) is 0 Å². The Kier molecular flexibility index (Phi) is 5.13. The van der Waals surface area contributed by atoms with Crippen LogP contribution in [0.3, 0.4) is 0 Å². The van der Waals surface area contributed by atoms with E-state index >= 15 is 0 Å². The second-order valence-electron chi connectivity index (χ2n) is 6.90. The second-order valence-corrected chi connectivity index (χ2v) is 6.90. The van der Waals surface area contributed by atoms with E-state index in [1.165, 1.54) is 25.7 Å². The summed E-state index contributed by atoms with van der Waals surface area (Å²) in [6.07, 6.45) is 11.2. The Labute approximate surface area is 133 Å². The molecule has 1 N–H and O–H groups in total. The molecule has 0 radical (unpaired) electrons. The van der Waals surface area contributed by atoms with Crippen molar-refractivity contribution in [1.82, 2.24) is 19.8 Å².